The van der Waals surface area contributed by atoms with Crippen molar-refractivity contribution in [3.63, 3.8) is 0 Å². The number of rotatable bonds is 7. The maximum Gasteiger partial charge on any atom is 0.323 e. The highest BCUT2D eigenvalue weighted by atomic mass is 16.4. The quantitative estimate of drug-likeness (QED) is 0.724. The summed E-state index contributed by atoms with van der Waals surface area (Å²) in [7, 11) is 0. The summed E-state index contributed by atoms with van der Waals surface area (Å²) in [6.07, 6.45) is 5.07. The van der Waals surface area contributed by atoms with Crippen molar-refractivity contribution in [3.8, 4) is 0 Å². The third kappa shape index (κ3) is 4.09. The van der Waals surface area contributed by atoms with Gasteiger partial charge in [0.1, 0.15) is 12.2 Å². The van der Waals surface area contributed by atoms with Crippen molar-refractivity contribution in [3.05, 3.63) is 24.0 Å². The van der Waals surface area contributed by atoms with E-state index >= 15 is 0 Å². The minimum absolute atomic E-state index is 0.191. The Hall–Kier alpha value is -1.82. The van der Waals surface area contributed by atoms with Crippen LogP contribution in [-0.4, -0.2) is 52.6 Å². The van der Waals surface area contributed by atoms with E-state index < -0.39 is 5.97 Å². The van der Waals surface area contributed by atoms with Gasteiger partial charge < -0.3 is 19.9 Å². The minimum atomic E-state index is -0.954. The van der Waals surface area contributed by atoms with Gasteiger partial charge in [0, 0.05) is 12.7 Å². The van der Waals surface area contributed by atoms with Gasteiger partial charge in [0.25, 0.3) is 5.91 Å². The van der Waals surface area contributed by atoms with Crippen molar-refractivity contribution in [1.29, 1.82) is 0 Å². The van der Waals surface area contributed by atoms with Crippen LogP contribution in [0.5, 0.6) is 0 Å². The average molecular weight is 279 g/mol. The number of carboxylic acid groups (broad SMARTS) is 1. The third-order valence-corrected chi connectivity index (χ3v) is 3.50. The van der Waals surface area contributed by atoms with Crippen LogP contribution in [0.1, 0.15) is 29.8 Å². The summed E-state index contributed by atoms with van der Waals surface area (Å²) in [5.74, 6) is -1.16. The SMILES string of the molecule is O=C(O)Cn1cccc1C(=O)NCCCN1CCCC1. The van der Waals surface area contributed by atoms with Crippen LogP contribution in [0.2, 0.25) is 0 Å². The Morgan fingerprint density at radius 1 is 1.30 bits per heavy atom. The predicted molar refractivity (Wildman–Crippen MR) is 74.7 cm³/mol. The number of carboxylic acids is 1. The van der Waals surface area contributed by atoms with Gasteiger partial charge in [-0.25, -0.2) is 0 Å². The molecule has 0 unspecified atom stereocenters. The second-order valence-corrected chi connectivity index (χ2v) is 5.07. The van der Waals surface area contributed by atoms with Gasteiger partial charge in [-0.1, -0.05) is 0 Å². The summed E-state index contributed by atoms with van der Waals surface area (Å²) in [5.41, 5.74) is 0.397. The van der Waals surface area contributed by atoms with Gasteiger partial charge in [-0.15, -0.1) is 0 Å². The van der Waals surface area contributed by atoms with E-state index in [-0.39, 0.29) is 12.5 Å². The molecule has 0 spiro atoms. The molecule has 110 valence electrons. The molecule has 6 nitrogen and oxygen atoms in total. The molecular weight excluding hydrogens is 258 g/mol. The molecule has 0 aromatic carbocycles. The maximum atomic E-state index is 12.0. The number of nitrogens with one attached hydrogen (secondary N) is 1. The van der Waals surface area contributed by atoms with E-state index in [1.165, 1.54) is 17.4 Å². The summed E-state index contributed by atoms with van der Waals surface area (Å²) in [5, 5.41) is 11.6. The Labute approximate surface area is 118 Å². The first-order valence-electron chi connectivity index (χ1n) is 7.04. The lowest BCUT2D eigenvalue weighted by Crippen LogP contribution is -2.30. The van der Waals surface area contributed by atoms with Crippen LogP contribution < -0.4 is 5.32 Å². The van der Waals surface area contributed by atoms with Crippen LogP contribution in [0.3, 0.4) is 0 Å². The number of likely N-dealkylation sites (tertiary alicyclic amines) is 1. The number of hydrogen-bond acceptors (Lipinski definition) is 3. The molecule has 1 aliphatic heterocycles. The van der Waals surface area contributed by atoms with Gasteiger partial charge in [-0.05, 0) is 51.0 Å². The van der Waals surface area contributed by atoms with Crippen molar-refractivity contribution in [2.24, 2.45) is 0 Å². The van der Waals surface area contributed by atoms with E-state index in [1.807, 2.05) is 0 Å². The normalized spacial score (nSPS) is 15.4. The van der Waals surface area contributed by atoms with Crippen molar-refractivity contribution >= 4 is 11.9 Å². The van der Waals surface area contributed by atoms with Crippen LogP contribution in [0.25, 0.3) is 0 Å². The Bertz CT molecular complexity index is 464. The first kappa shape index (κ1) is 14.6. The van der Waals surface area contributed by atoms with Crippen LogP contribution >= 0.6 is 0 Å². The first-order chi connectivity index (χ1) is 9.66. The molecule has 20 heavy (non-hydrogen) atoms. The molecule has 1 aromatic heterocycles. The predicted octanol–water partition coefficient (Wildman–Crippen LogP) is 0.788. The van der Waals surface area contributed by atoms with Crippen molar-refractivity contribution in [1.82, 2.24) is 14.8 Å². The number of hydrogen-bond donors (Lipinski definition) is 2. The van der Waals surface area contributed by atoms with Crippen molar-refractivity contribution in [2.45, 2.75) is 25.8 Å². The lowest BCUT2D eigenvalue weighted by Gasteiger charge is -2.14. The van der Waals surface area contributed by atoms with Crippen LogP contribution in [-0.2, 0) is 11.3 Å². The molecule has 0 atom stereocenters. The summed E-state index contributed by atoms with van der Waals surface area (Å²) < 4.78 is 1.44. The van der Waals surface area contributed by atoms with Gasteiger partial charge in [-0.3, -0.25) is 9.59 Å². The Balaban J connectivity index is 1.74. The van der Waals surface area contributed by atoms with E-state index in [0.717, 1.165) is 26.1 Å². The zero-order chi connectivity index (χ0) is 14.4. The van der Waals surface area contributed by atoms with E-state index in [0.29, 0.717) is 12.2 Å². The molecule has 0 saturated carbocycles. The highest BCUT2D eigenvalue weighted by Crippen LogP contribution is 2.07. The fraction of sp³-hybridized carbons (Fsp3) is 0.571. The lowest BCUT2D eigenvalue weighted by molar-refractivity contribution is -0.137. The topological polar surface area (TPSA) is 74.6 Å². The van der Waals surface area contributed by atoms with Crippen LogP contribution in [0.15, 0.2) is 18.3 Å². The number of aromatic nitrogens is 1. The number of carbonyl (C=O) groups excluding carboxylic acids is 1. The summed E-state index contributed by atoms with van der Waals surface area (Å²) >= 11 is 0. The van der Waals surface area contributed by atoms with Crippen molar-refractivity contribution < 1.29 is 14.7 Å². The molecule has 1 aromatic rings. The summed E-state index contributed by atoms with van der Waals surface area (Å²) in [4.78, 5) is 25.1. The van der Waals surface area contributed by atoms with Gasteiger partial charge in [0.05, 0.1) is 0 Å². The highest BCUT2D eigenvalue weighted by molar-refractivity contribution is 5.93. The molecule has 1 saturated heterocycles. The molecule has 2 rings (SSSR count). The number of nitrogens with zero attached hydrogens (tertiary/aromatic N) is 2. The molecule has 2 N–H and O–H groups in total. The third-order valence-electron chi connectivity index (χ3n) is 3.50. The van der Waals surface area contributed by atoms with Gasteiger partial charge >= 0.3 is 5.97 Å². The summed E-state index contributed by atoms with van der Waals surface area (Å²) in [6.45, 7) is 3.76. The van der Waals surface area contributed by atoms with Crippen molar-refractivity contribution in [2.75, 3.05) is 26.2 Å². The summed E-state index contributed by atoms with van der Waals surface area (Å²) in [6, 6.07) is 3.32. The Morgan fingerprint density at radius 2 is 2.05 bits per heavy atom. The minimum Gasteiger partial charge on any atom is -0.480 e. The number of aliphatic carboxylic acids is 1. The lowest BCUT2D eigenvalue weighted by atomic mass is 10.3. The second-order valence-electron chi connectivity index (χ2n) is 5.07. The number of carbonyl (C=O) groups is 2. The van der Waals surface area contributed by atoms with E-state index in [1.54, 1.807) is 18.3 Å². The largest absolute Gasteiger partial charge is 0.480 e. The van der Waals surface area contributed by atoms with Gasteiger partial charge in [-0.2, -0.15) is 0 Å². The first-order valence-corrected chi connectivity index (χ1v) is 7.04. The highest BCUT2D eigenvalue weighted by Gasteiger charge is 2.13. The fourth-order valence-electron chi connectivity index (χ4n) is 2.51. The molecule has 0 aliphatic carbocycles. The molecule has 1 fully saturated rings. The number of amides is 1. The molecule has 0 bridgehead atoms. The fourth-order valence-corrected chi connectivity index (χ4v) is 2.51. The Morgan fingerprint density at radius 3 is 2.75 bits per heavy atom. The zero-order valence-corrected chi connectivity index (χ0v) is 11.5. The maximum absolute atomic E-state index is 12.0. The molecule has 0 radical (unpaired) electrons. The van der Waals surface area contributed by atoms with Crippen LogP contribution in [0, 0.1) is 0 Å². The van der Waals surface area contributed by atoms with E-state index in [9.17, 15) is 9.59 Å². The molecule has 2 heterocycles. The van der Waals surface area contributed by atoms with Gasteiger partial charge in [0.15, 0.2) is 0 Å². The average Bonchev–Trinajstić information content (AvgIpc) is 3.04. The molecule has 6 heteroatoms. The van der Waals surface area contributed by atoms with E-state index in [2.05, 4.69) is 10.2 Å². The molecule has 1 aliphatic rings. The smallest absolute Gasteiger partial charge is 0.323 e. The standard InChI is InChI=1S/C14H21N3O3/c18-13(19)11-17-10-3-5-12(17)14(20)15-6-4-9-16-7-1-2-8-16/h3,5,10H,1-2,4,6-9,11H2,(H,15,20)(H,18,19). The second kappa shape index (κ2) is 7.09. The monoisotopic (exact) mass is 279 g/mol. The molecular formula is C14H21N3O3. The zero-order valence-electron chi connectivity index (χ0n) is 11.5. The van der Waals surface area contributed by atoms with E-state index in [4.69, 9.17) is 5.11 Å². The molecule has 1 amide bonds. The van der Waals surface area contributed by atoms with Crippen LogP contribution in [0.4, 0.5) is 0 Å². The Kier molecular flexibility index (Phi) is 5.17. The van der Waals surface area contributed by atoms with Gasteiger partial charge in [0.2, 0.25) is 0 Å².